The summed E-state index contributed by atoms with van der Waals surface area (Å²) in [4.78, 5) is 38.2. The first-order valence-electron chi connectivity index (χ1n) is 30.4. The van der Waals surface area contributed by atoms with Crippen LogP contribution in [0, 0.1) is 0 Å². The van der Waals surface area contributed by atoms with Crippen LogP contribution in [0.15, 0.2) is 72.9 Å². The summed E-state index contributed by atoms with van der Waals surface area (Å²) in [7, 11) is 0. The summed E-state index contributed by atoms with van der Waals surface area (Å²) in [6.07, 6.45) is 76.1. The molecule has 0 aliphatic carbocycles. The second-order valence-corrected chi connectivity index (χ2v) is 20.2. The van der Waals surface area contributed by atoms with Gasteiger partial charge in [-0.2, -0.15) is 0 Å². The van der Waals surface area contributed by atoms with Crippen molar-refractivity contribution in [2.45, 2.75) is 309 Å². The van der Waals surface area contributed by atoms with Gasteiger partial charge in [0.2, 0.25) is 0 Å². The average molecular weight is 992 g/mol. The SMILES string of the molecule is CC/C=C\C/C=C\C/C=C\C/C=C\CCCCCCC(=O)OC[C@H](COC(=O)CCCCCCC/C=C\CCCCCCCC)OC(=O)CCCCCCCCCCCCC/C=C\CCCCCCCC. The fraction of sp³-hybridized carbons (Fsp3) is 0.769. The topological polar surface area (TPSA) is 78.9 Å². The normalized spacial score (nSPS) is 12.5. The van der Waals surface area contributed by atoms with Crippen LogP contribution in [-0.2, 0) is 28.6 Å². The number of rotatable bonds is 55. The van der Waals surface area contributed by atoms with Gasteiger partial charge in [-0.3, -0.25) is 14.4 Å². The molecule has 71 heavy (non-hydrogen) atoms. The first-order valence-corrected chi connectivity index (χ1v) is 30.4. The molecule has 0 fully saturated rings. The quantitative estimate of drug-likeness (QED) is 0.0261. The number of ether oxygens (including phenoxy) is 3. The lowest BCUT2D eigenvalue weighted by atomic mass is 10.0. The molecule has 0 N–H and O–H groups in total. The molecule has 0 unspecified atom stereocenters. The number of carbonyl (C=O) groups is 3. The Morgan fingerprint density at radius 2 is 0.549 bits per heavy atom. The minimum absolute atomic E-state index is 0.0867. The van der Waals surface area contributed by atoms with Gasteiger partial charge >= 0.3 is 17.9 Å². The molecular weight excluding hydrogens is 877 g/mol. The zero-order valence-electron chi connectivity index (χ0n) is 47.0. The third kappa shape index (κ3) is 57.6. The standard InChI is InChI=1S/C65H114O6/c1-4-7-10-13-16-19-22-25-28-30-31-32-33-35-38-41-44-47-50-53-56-59-65(68)71-62(60-69-63(66)57-54-51-48-45-42-39-36-27-24-21-18-15-12-9-6-3)61-70-64(67)58-55-52-49-46-43-40-37-34-29-26-23-20-17-14-11-8-5-2/h8,11,17,20,25-29,36-37,40,62H,4-7,9-10,12-16,18-19,21-24,30-35,38-39,41-61H2,1-3H3/b11-8-,20-17-,28-25-,29-26-,36-27-,40-37-/t62-/m0/s1. The van der Waals surface area contributed by atoms with E-state index in [4.69, 9.17) is 14.2 Å². The Morgan fingerprint density at radius 3 is 0.873 bits per heavy atom. The lowest BCUT2D eigenvalue weighted by Gasteiger charge is -2.18. The highest BCUT2D eigenvalue weighted by Gasteiger charge is 2.19. The van der Waals surface area contributed by atoms with Crippen LogP contribution in [0.1, 0.15) is 303 Å². The third-order valence-corrected chi connectivity index (χ3v) is 13.2. The van der Waals surface area contributed by atoms with Crippen LogP contribution in [0.4, 0.5) is 0 Å². The maximum Gasteiger partial charge on any atom is 0.306 e. The molecule has 6 heteroatoms. The molecule has 0 spiro atoms. The van der Waals surface area contributed by atoms with Gasteiger partial charge in [0.05, 0.1) is 0 Å². The van der Waals surface area contributed by atoms with E-state index < -0.39 is 6.10 Å². The molecule has 0 heterocycles. The van der Waals surface area contributed by atoms with Crippen molar-refractivity contribution in [3.05, 3.63) is 72.9 Å². The molecule has 0 aromatic rings. The van der Waals surface area contributed by atoms with Crippen LogP contribution in [0.3, 0.4) is 0 Å². The summed E-state index contributed by atoms with van der Waals surface area (Å²) in [5, 5.41) is 0. The summed E-state index contributed by atoms with van der Waals surface area (Å²) in [5.41, 5.74) is 0. The first-order chi connectivity index (χ1) is 35.0. The highest BCUT2D eigenvalue weighted by molar-refractivity contribution is 5.71. The lowest BCUT2D eigenvalue weighted by Crippen LogP contribution is -2.30. The summed E-state index contributed by atoms with van der Waals surface area (Å²) >= 11 is 0. The molecule has 0 rings (SSSR count). The molecule has 0 saturated carbocycles. The summed E-state index contributed by atoms with van der Waals surface area (Å²) in [6.45, 7) is 6.52. The lowest BCUT2D eigenvalue weighted by molar-refractivity contribution is -0.167. The minimum Gasteiger partial charge on any atom is -0.462 e. The summed E-state index contributed by atoms with van der Waals surface area (Å²) < 4.78 is 16.9. The second-order valence-electron chi connectivity index (χ2n) is 20.2. The van der Waals surface area contributed by atoms with Gasteiger partial charge in [-0.05, 0) is 109 Å². The first kappa shape index (κ1) is 67.8. The molecule has 0 aromatic carbocycles. The number of esters is 3. The predicted molar refractivity (Wildman–Crippen MR) is 307 cm³/mol. The zero-order chi connectivity index (χ0) is 51.4. The van der Waals surface area contributed by atoms with Gasteiger partial charge in [0, 0.05) is 19.3 Å². The van der Waals surface area contributed by atoms with Gasteiger partial charge in [0.1, 0.15) is 13.2 Å². The van der Waals surface area contributed by atoms with Crippen molar-refractivity contribution >= 4 is 17.9 Å². The van der Waals surface area contributed by atoms with Crippen LogP contribution in [-0.4, -0.2) is 37.2 Å². The molecule has 0 aromatic heterocycles. The van der Waals surface area contributed by atoms with Gasteiger partial charge in [-0.25, -0.2) is 0 Å². The average Bonchev–Trinajstić information content (AvgIpc) is 3.37. The Hall–Kier alpha value is -3.15. The molecule has 0 bridgehead atoms. The van der Waals surface area contributed by atoms with Crippen LogP contribution in [0.25, 0.3) is 0 Å². The van der Waals surface area contributed by atoms with Crippen molar-refractivity contribution in [3.8, 4) is 0 Å². The molecule has 0 saturated heterocycles. The van der Waals surface area contributed by atoms with Crippen molar-refractivity contribution in [3.63, 3.8) is 0 Å². The predicted octanol–water partition coefficient (Wildman–Crippen LogP) is 20.5. The fourth-order valence-corrected chi connectivity index (χ4v) is 8.60. The van der Waals surface area contributed by atoms with Crippen molar-refractivity contribution in [2.24, 2.45) is 0 Å². The molecule has 6 nitrogen and oxygen atoms in total. The number of hydrogen-bond donors (Lipinski definition) is 0. The maximum atomic E-state index is 12.9. The number of unbranched alkanes of at least 4 members (excludes halogenated alkanes) is 32. The molecular formula is C65H114O6. The van der Waals surface area contributed by atoms with Gasteiger partial charge in [0.15, 0.2) is 6.10 Å². The molecule has 410 valence electrons. The van der Waals surface area contributed by atoms with Crippen LogP contribution < -0.4 is 0 Å². The highest BCUT2D eigenvalue weighted by atomic mass is 16.6. The molecule has 1 atom stereocenters. The van der Waals surface area contributed by atoms with E-state index in [9.17, 15) is 14.4 Å². The second kappa shape index (κ2) is 59.4. The van der Waals surface area contributed by atoms with Crippen LogP contribution in [0.5, 0.6) is 0 Å². The Morgan fingerprint density at radius 1 is 0.296 bits per heavy atom. The van der Waals surface area contributed by atoms with Crippen molar-refractivity contribution in [1.29, 1.82) is 0 Å². The van der Waals surface area contributed by atoms with E-state index in [0.29, 0.717) is 19.3 Å². The molecule has 0 aliphatic rings. The van der Waals surface area contributed by atoms with E-state index in [2.05, 4.69) is 93.7 Å². The Balaban J connectivity index is 4.40. The molecule has 0 radical (unpaired) electrons. The van der Waals surface area contributed by atoms with Crippen molar-refractivity contribution in [2.75, 3.05) is 13.2 Å². The summed E-state index contributed by atoms with van der Waals surface area (Å²) in [6, 6.07) is 0. The van der Waals surface area contributed by atoms with Gasteiger partial charge in [-0.15, -0.1) is 0 Å². The number of carbonyl (C=O) groups excluding carboxylic acids is 3. The van der Waals surface area contributed by atoms with E-state index in [0.717, 1.165) is 103 Å². The van der Waals surface area contributed by atoms with Gasteiger partial charge in [0.25, 0.3) is 0 Å². The van der Waals surface area contributed by atoms with Crippen LogP contribution >= 0.6 is 0 Å². The molecule has 0 amide bonds. The maximum absolute atomic E-state index is 12.9. The van der Waals surface area contributed by atoms with E-state index >= 15 is 0 Å². The van der Waals surface area contributed by atoms with E-state index in [1.165, 1.54) is 161 Å². The van der Waals surface area contributed by atoms with Crippen molar-refractivity contribution < 1.29 is 28.6 Å². The smallest absolute Gasteiger partial charge is 0.306 e. The van der Waals surface area contributed by atoms with E-state index in [1.807, 2.05) is 0 Å². The Labute approximate surface area is 440 Å². The largest absolute Gasteiger partial charge is 0.462 e. The van der Waals surface area contributed by atoms with Crippen LogP contribution in [0.2, 0.25) is 0 Å². The van der Waals surface area contributed by atoms with Gasteiger partial charge in [-0.1, -0.05) is 248 Å². The fourth-order valence-electron chi connectivity index (χ4n) is 8.60. The molecule has 0 aliphatic heterocycles. The summed E-state index contributed by atoms with van der Waals surface area (Å²) in [5.74, 6) is -0.908. The van der Waals surface area contributed by atoms with E-state index in [1.54, 1.807) is 0 Å². The number of allylic oxidation sites excluding steroid dienone is 12. The Kier molecular flexibility index (Phi) is 56.8. The monoisotopic (exact) mass is 991 g/mol. The van der Waals surface area contributed by atoms with Crippen molar-refractivity contribution in [1.82, 2.24) is 0 Å². The zero-order valence-corrected chi connectivity index (χ0v) is 47.0. The number of hydrogen-bond acceptors (Lipinski definition) is 6. The third-order valence-electron chi connectivity index (χ3n) is 13.2. The van der Waals surface area contributed by atoms with Gasteiger partial charge < -0.3 is 14.2 Å². The highest BCUT2D eigenvalue weighted by Crippen LogP contribution is 2.16. The Bertz CT molecular complexity index is 1320. The minimum atomic E-state index is -0.790. The van der Waals surface area contributed by atoms with E-state index in [-0.39, 0.29) is 31.1 Å².